The minimum absolute atomic E-state index is 0.549. The Labute approximate surface area is 66.9 Å². The summed E-state index contributed by atoms with van der Waals surface area (Å²) in [6.45, 7) is 1.94. The van der Waals surface area contributed by atoms with E-state index in [4.69, 9.17) is 5.21 Å². The first-order chi connectivity index (χ1) is 5.24. The molecule has 3 nitrogen and oxygen atoms in total. The second-order valence-electron chi connectivity index (χ2n) is 2.20. The van der Waals surface area contributed by atoms with Gasteiger partial charge in [0, 0.05) is 4.90 Å². The third-order valence-electron chi connectivity index (χ3n) is 1.34. The van der Waals surface area contributed by atoms with E-state index in [9.17, 15) is 4.21 Å². The first kappa shape index (κ1) is 8.23. The van der Waals surface area contributed by atoms with E-state index >= 15 is 0 Å². The van der Waals surface area contributed by atoms with Crippen molar-refractivity contribution in [2.75, 3.05) is 0 Å². The number of hydrogen-bond donors (Lipinski definition) is 2. The molecule has 0 aliphatic carbocycles. The maximum atomic E-state index is 10.9. The van der Waals surface area contributed by atoms with Gasteiger partial charge in [0.2, 0.25) is 0 Å². The molecule has 1 unspecified atom stereocenters. The lowest BCUT2D eigenvalue weighted by molar-refractivity contribution is 0.326. The fourth-order valence-corrected chi connectivity index (χ4v) is 1.23. The smallest absolute Gasteiger partial charge is 0.0927 e. The molecule has 1 aromatic carbocycles. The van der Waals surface area contributed by atoms with Gasteiger partial charge in [-0.3, -0.25) is 5.21 Å². The molecule has 0 fully saturated rings. The van der Waals surface area contributed by atoms with Crippen molar-refractivity contribution < 1.29 is 9.42 Å². The molecule has 1 rings (SSSR count). The molecular formula is C7H9NO2S. The fraction of sp³-hybridized carbons (Fsp3) is 0.143. The van der Waals surface area contributed by atoms with E-state index in [2.05, 4.69) is 4.53 Å². The molecule has 11 heavy (non-hydrogen) atoms. The maximum absolute atomic E-state index is 10.9. The molecule has 1 atom stereocenters. The second-order valence-corrected chi connectivity index (χ2v) is 3.44. The summed E-state index contributed by atoms with van der Waals surface area (Å²) in [4.78, 5) is 0.549. The van der Waals surface area contributed by atoms with Crippen LogP contribution in [0.15, 0.2) is 33.7 Å². The van der Waals surface area contributed by atoms with Gasteiger partial charge in [-0.25, -0.2) is 4.21 Å². The van der Waals surface area contributed by atoms with Crippen LogP contribution >= 0.6 is 0 Å². The summed E-state index contributed by atoms with van der Waals surface area (Å²) in [6, 6.07) is 7.03. The summed E-state index contributed by atoms with van der Waals surface area (Å²) in [5.41, 5.74) is 1.09. The molecule has 4 heteroatoms. The Kier molecular flexibility index (Phi) is 2.62. The van der Waals surface area contributed by atoms with Gasteiger partial charge in [-0.1, -0.05) is 22.2 Å². The summed E-state index contributed by atoms with van der Waals surface area (Å²) >= 11 is 0. The van der Waals surface area contributed by atoms with Crippen molar-refractivity contribution in [1.29, 1.82) is 0 Å². The first-order valence-corrected chi connectivity index (χ1v) is 4.34. The second kappa shape index (κ2) is 3.50. The molecule has 0 bridgehead atoms. The number of nitrogens with zero attached hydrogens (tertiary/aromatic N) is 1. The highest BCUT2D eigenvalue weighted by atomic mass is 32.2. The van der Waals surface area contributed by atoms with E-state index in [1.807, 2.05) is 19.1 Å². The Balaban J connectivity index is 3.09. The molecule has 60 valence electrons. The van der Waals surface area contributed by atoms with E-state index < -0.39 is 10.6 Å². The Morgan fingerprint density at radius 1 is 1.36 bits per heavy atom. The van der Waals surface area contributed by atoms with E-state index in [0.717, 1.165) is 5.56 Å². The van der Waals surface area contributed by atoms with E-state index in [1.54, 1.807) is 12.1 Å². The van der Waals surface area contributed by atoms with Crippen LogP contribution in [-0.2, 0) is 10.6 Å². The summed E-state index contributed by atoms with van der Waals surface area (Å²) in [6.07, 6.45) is 0. The summed E-state index contributed by atoms with van der Waals surface area (Å²) in [5.74, 6) is 0. The zero-order chi connectivity index (χ0) is 8.27. The molecular weight excluding hydrogens is 162 g/mol. The van der Waals surface area contributed by atoms with Crippen molar-refractivity contribution in [3.63, 3.8) is 0 Å². The largest absolute Gasteiger partial charge is 0.259 e. The predicted molar refractivity (Wildman–Crippen MR) is 43.2 cm³/mol. The van der Waals surface area contributed by atoms with Crippen LogP contribution in [0.3, 0.4) is 0 Å². The lowest BCUT2D eigenvalue weighted by Gasteiger charge is -1.92. The highest BCUT2D eigenvalue weighted by Gasteiger charge is 1.90. The van der Waals surface area contributed by atoms with Crippen LogP contribution in [0.25, 0.3) is 0 Å². The first-order valence-electron chi connectivity index (χ1n) is 3.13. The van der Waals surface area contributed by atoms with Gasteiger partial charge in [0.05, 0.1) is 10.6 Å². The molecule has 1 N–H and O–H groups in total. The Morgan fingerprint density at radius 2 is 1.91 bits per heavy atom. The Bertz CT molecular complexity index is 312. The minimum Gasteiger partial charge on any atom is -0.259 e. The molecule has 0 aromatic heterocycles. The third-order valence-corrected chi connectivity index (χ3v) is 2.24. The van der Waals surface area contributed by atoms with Crippen LogP contribution in [0.5, 0.6) is 0 Å². The number of benzene rings is 1. The average Bonchev–Trinajstić information content (AvgIpc) is 2.05. The van der Waals surface area contributed by atoms with E-state index in [-0.39, 0.29) is 0 Å². The normalized spacial score (nSPS) is 13.3. The summed E-state index contributed by atoms with van der Waals surface area (Å²) in [5, 5.41) is 8.20. The number of hydrogen-bond acceptors (Lipinski definition) is 2. The van der Waals surface area contributed by atoms with Gasteiger partial charge in [0.15, 0.2) is 0 Å². The summed E-state index contributed by atoms with van der Waals surface area (Å²) in [7, 11) is -1.96. The molecule has 0 amide bonds. The lowest BCUT2D eigenvalue weighted by Crippen LogP contribution is -1.79. The maximum Gasteiger partial charge on any atom is 0.0927 e. The predicted octanol–water partition coefficient (Wildman–Crippen LogP) is 1.41. The Hall–Kier alpha value is -0.870. The zero-order valence-corrected chi connectivity index (χ0v) is 6.95. The summed E-state index contributed by atoms with van der Waals surface area (Å²) < 4.78 is 13.6. The molecule has 0 heterocycles. The van der Waals surface area contributed by atoms with Crippen LogP contribution in [0.2, 0.25) is 0 Å². The van der Waals surface area contributed by atoms with E-state index in [0.29, 0.717) is 4.90 Å². The lowest BCUT2D eigenvalue weighted by atomic mass is 10.2. The van der Waals surface area contributed by atoms with Crippen LogP contribution in [0.4, 0.5) is 0 Å². The van der Waals surface area contributed by atoms with Gasteiger partial charge in [0.25, 0.3) is 0 Å². The quantitative estimate of drug-likeness (QED) is 0.495. The van der Waals surface area contributed by atoms with Crippen molar-refractivity contribution in [2.45, 2.75) is 11.8 Å². The van der Waals surface area contributed by atoms with Crippen molar-refractivity contribution in [1.82, 2.24) is 0 Å². The number of aryl methyl sites for hydroxylation is 1. The van der Waals surface area contributed by atoms with Gasteiger partial charge in [-0.2, -0.15) is 0 Å². The van der Waals surface area contributed by atoms with Crippen LogP contribution in [0.1, 0.15) is 5.56 Å². The monoisotopic (exact) mass is 171 g/mol. The van der Waals surface area contributed by atoms with Gasteiger partial charge < -0.3 is 0 Å². The van der Waals surface area contributed by atoms with Crippen molar-refractivity contribution in [3.05, 3.63) is 29.8 Å². The molecule has 0 aliphatic rings. The van der Waals surface area contributed by atoms with Crippen molar-refractivity contribution in [2.24, 2.45) is 4.53 Å². The standard InChI is InChI=1S/C7H9NO2S/c1-6-2-4-7(5-3-6)11(10)8-9/h2-5,9,11H,1H3. The molecule has 0 radical (unpaired) electrons. The van der Waals surface area contributed by atoms with Gasteiger partial charge in [0.1, 0.15) is 0 Å². The van der Waals surface area contributed by atoms with Crippen LogP contribution < -0.4 is 0 Å². The van der Waals surface area contributed by atoms with Gasteiger partial charge >= 0.3 is 0 Å². The van der Waals surface area contributed by atoms with Crippen molar-refractivity contribution >= 4 is 10.6 Å². The minimum atomic E-state index is -1.96. The third kappa shape index (κ3) is 2.03. The number of rotatable bonds is 1. The Morgan fingerprint density at radius 3 is 2.36 bits per heavy atom. The molecule has 1 aromatic rings. The zero-order valence-electron chi connectivity index (χ0n) is 6.06. The highest BCUT2D eigenvalue weighted by molar-refractivity contribution is 7.74. The van der Waals surface area contributed by atoms with Crippen molar-refractivity contribution in [3.8, 4) is 0 Å². The van der Waals surface area contributed by atoms with Gasteiger partial charge in [-0.15, -0.1) is 0 Å². The fourth-order valence-electron chi connectivity index (χ4n) is 0.724. The average molecular weight is 171 g/mol. The van der Waals surface area contributed by atoms with Gasteiger partial charge in [-0.05, 0) is 19.1 Å². The number of thiol groups is 1. The van der Waals surface area contributed by atoms with Crippen LogP contribution in [0, 0.1) is 6.92 Å². The molecule has 0 saturated carbocycles. The highest BCUT2D eigenvalue weighted by Crippen LogP contribution is 2.04. The van der Waals surface area contributed by atoms with Crippen LogP contribution in [-0.4, -0.2) is 9.42 Å². The van der Waals surface area contributed by atoms with E-state index in [1.165, 1.54) is 0 Å². The molecule has 0 aliphatic heterocycles. The molecule has 0 saturated heterocycles. The topological polar surface area (TPSA) is 49.7 Å². The molecule has 0 spiro atoms. The SMILES string of the molecule is Cc1ccc(/[SH](=O)=N/O)cc1.